The standard InChI is InChI=1S/C15H29ClNO3/c1-5-6-7-8-9-10-15(19)20-13(11-14(16)18)12-17(2,3)4/h13H,5-12H2,1-4H3/q+1. The van der Waals surface area contributed by atoms with Crippen molar-refractivity contribution in [1.29, 1.82) is 0 Å². The van der Waals surface area contributed by atoms with E-state index in [1.165, 1.54) is 12.8 Å². The molecule has 0 aliphatic heterocycles. The van der Waals surface area contributed by atoms with E-state index in [2.05, 4.69) is 6.92 Å². The van der Waals surface area contributed by atoms with Crippen LogP contribution in [-0.2, 0) is 14.3 Å². The van der Waals surface area contributed by atoms with Gasteiger partial charge in [0, 0.05) is 6.42 Å². The lowest BCUT2D eigenvalue weighted by atomic mass is 10.1. The van der Waals surface area contributed by atoms with Gasteiger partial charge in [-0.1, -0.05) is 32.6 Å². The van der Waals surface area contributed by atoms with Gasteiger partial charge in [-0.15, -0.1) is 0 Å². The summed E-state index contributed by atoms with van der Waals surface area (Å²) in [5, 5.41) is -0.459. The van der Waals surface area contributed by atoms with Crippen LogP contribution in [0.4, 0.5) is 0 Å². The Morgan fingerprint density at radius 1 is 1.10 bits per heavy atom. The molecule has 0 heterocycles. The molecule has 0 aromatic heterocycles. The fourth-order valence-corrected chi connectivity index (χ4v) is 2.22. The average molecular weight is 307 g/mol. The molecule has 0 aliphatic carbocycles. The van der Waals surface area contributed by atoms with E-state index in [1.54, 1.807) is 0 Å². The number of hydrogen-bond donors (Lipinski definition) is 0. The van der Waals surface area contributed by atoms with Crippen molar-refractivity contribution in [3.05, 3.63) is 0 Å². The number of unbranched alkanes of at least 4 members (excludes halogenated alkanes) is 4. The molecule has 0 aromatic carbocycles. The van der Waals surface area contributed by atoms with Crippen molar-refractivity contribution >= 4 is 22.8 Å². The van der Waals surface area contributed by atoms with Gasteiger partial charge in [0.1, 0.15) is 6.54 Å². The average Bonchev–Trinajstić information content (AvgIpc) is 2.25. The highest BCUT2D eigenvalue weighted by molar-refractivity contribution is 6.63. The molecule has 20 heavy (non-hydrogen) atoms. The molecule has 0 saturated carbocycles. The summed E-state index contributed by atoms with van der Waals surface area (Å²) in [5.74, 6) is -0.224. The molecule has 1 atom stereocenters. The number of nitrogens with zero attached hydrogens (tertiary/aromatic N) is 1. The maximum atomic E-state index is 11.8. The Morgan fingerprint density at radius 2 is 1.70 bits per heavy atom. The molecule has 0 rings (SSSR count). The summed E-state index contributed by atoms with van der Waals surface area (Å²) in [6.45, 7) is 2.74. The SMILES string of the molecule is CCCCCCCC(=O)OC(CC(=O)Cl)C[N+](C)(C)C. The number of ether oxygens (including phenoxy) is 1. The topological polar surface area (TPSA) is 43.4 Å². The molecule has 0 radical (unpaired) electrons. The summed E-state index contributed by atoms with van der Waals surface area (Å²) < 4.78 is 6.01. The number of likely N-dealkylation sites (N-methyl/N-ethyl adjacent to an activating group) is 1. The highest BCUT2D eigenvalue weighted by atomic mass is 35.5. The molecule has 118 valence electrons. The molecule has 5 heteroatoms. The van der Waals surface area contributed by atoms with Crippen LogP contribution < -0.4 is 0 Å². The van der Waals surface area contributed by atoms with Crippen LogP contribution in [0, 0.1) is 0 Å². The third-order valence-corrected chi connectivity index (χ3v) is 3.08. The maximum Gasteiger partial charge on any atom is 0.306 e. The third kappa shape index (κ3) is 12.4. The Labute approximate surface area is 128 Å². The number of rotatable bonds is 11. The fourth-order valence-electron chi connectivity index (χ4n) is 2.05. The third-order valence-electron chi connectivity index (χ3n) is 2.92. The zero-order chi connectivity index (χ0) is 15.6. The summed E-state index contributed by atoms with van der Waals surface area (Å²) in [7, 11) is 5.97. The Morgan fingerprint density at radius 3 is 2.20 bits per heavy atom. The van der Waals surface area contributed by atoms with Crippen molar-refractivity contribution < 1.29 is 18.8 Å². The van der Waals surface area contributed by atoms with Crippen LogP contribution in [0.15, 0.2) is 0 Å². The van der Waals surface area contributed by atoms with Gasteiger partial charge in [-0.05, 0) is 18.0 Å². The van der Waals surface area contributed by atoms with Gasteiger partial charge in [0.15, 0.2) is 6.10 Å². The smallest absolute Gasteiger partial charge is 0.306 e. The Bertz CT molecular complexity index is 300. The number of halogens is 1. The molecule has 0 saturated heterocycles. The fraction of sp³-hybridized carbons (Fsp3) is 0.867. The Hall–Kier alpha value is -0.610. The second-order valence-corrected chi connectivity index (χ2v) is 6.73. The molecule has 1 unspecified atom stereocenters. The van der Waals surface area contributed by atoms with Gasteiger partial charge in [0.25, 0.3) is 0 Å². The van der Waals surface area contributed by atoms with E-state index in [-0.39, 0.29) is 12.4 Å². The maximum absolute atomic E-state index is 11.8. The van der Waals surface area contributed by atoms with E-state index < -0.39 is 11.3 Å². The predicted octanol–water partition coefficient (Wildman–Crippen LogP) is 3.12. The number of quaternary nitrogens is 1. The van der Waals surface area contributed by atoms with Crippen LogP contribution in [0.5, 0.6) is 0 Å². The van der Waals surface area contributed by atoms with E-state index >= 15 is 0 Å². The molecular formula is C15H29ClNO3+. The molecule has 0 fully saturated rings. The number of esters is 1. The molecule has 4 nitrogen and oxygen atoms in total. The van der Waals surface area contributed by atoms with Crippen LogP contribution in [0.25, 0.3) is 0 Å². The van der Waals surface area contributed by atoms with Crippen LogP contribution in [0.1, 0.15) is 51.9 Å². The van der Waals surface area contributed by atoms with Crippen LogP contribution in [-0.4, -0.2) is 49.5 Å². The van der Waals surface area contributed by atoms with Gasteiger partial charge >= 0.3 is 5.97 Å². The zero-order valence-electron chi connectivity index (χ0n) is 13.3. The number of hydrogen-bond acceptors (Lipinski definition) is 3. The van der Waals surface area contributed by atoms with E-state index in [0.29, 0.717) is 17.4 Å². The first-order valence-electron chi connectivity index (χ1n) is 7.43. The van der Waals surface area contributed by atoms with Crippen molar-refractivity contribution in [2.75, 3.05) is 27.7 Å². The highest BCUT2D eigenvalue weighted by Gasteiger charge is 2.24. The summed E-state index contributed by atoms with van der Waals surface area (Å²) in [5.41, 5.74) is 0. The quantitative estimate of drug-likeness (QED) is 0.255. The van der Waals surface area contributed by atoms with E-state index in [9.17, 15) is 9.59 Å². The summed E-state index contributed by atoms with van der Waals surface area (Å²) in [6, 6.07) is 0. The number of carbonyl (C=O) groups is 2. The van der Waals surface area contributed by atoms with Gasteiger partial charge in [0.2, 0.25) is 5.24 Å². The van der Waals surface area contributed by atoms with Crippen molar-refractivity contribution in [2.24, 2.45) is 0 Å². The van der Waals surface area contributed by atoms with Crippen LogP contribution in [0.2, 0.25) is 0 Å². The zero-order valence-corrected chi connectivity index (χ0v) is 14.0. The lowest BCUT2D eigenvalue weighted by Gasteiger charge is -2.28. The highest BCUT2D eigenvalue weighted by Crippen LogP contribution is 2.11. The Kier molecular flexibility index (Phi) is 9.86. The van der Waals surface area contributed by atoms with Gasteiger partial charge in [-0.2, -0.15) is 0 Å². The molecule has 0 amide bonds. The van der Waals surface area contributed by atoms with Crippen molar-refractivity contribution in [1.82, 2.24) is 0 Å². The first kappa shape index (κ1) is 19.4. The van der Waals surface area contributed by atoms with Gasteiger partial charge < -0.3 is 9.22 Å². The largest absolute Gasteiger partial charge is 0.456 e. The molecule has 0 aliphatic rings. The van der Waals surface area contributed by atoms with Gasteiger partial charge in [0.05, 0.1) is 27.6 Å². The first-order chi connectivity index (χ1) is 9.24. The molecule has 0 N–H and O–H groups in total. The minimum absolute atomic E-state index is 0.0820. The summed E-state index contributed by atoms with van der Waals surface area (Å²) in [4.78, 5) is 22.8. The predicted molar refractivity (Wildman–Crippen MR) is 81.6 cm³/mol. The number of carbonyl (C=O) groups excluding carboxylic acids is 2. The lowest BCUT2D eigenvalue weighted by molar-refractivity contribution is -0.873. The van der Waals surface area contributed by atoms with Crippen LogP contribution in [0.3, 0.4) is 0 Å². The second-order valence-electron chi connectivity index (χ2n) is 6.31. The van der Waals surface area contributed by atoms with E-state index in [0.717, 1.165) is 19.3 Å². The monoisotopic (exact) mass is 306 g/mol. The normalized spacial score (nSPS) is 13.1. The van der Waals surface area contributed by atoms with E-state index in [4.69, 9.17) is 16.3 Å². The van der Waals surface area contributed by atoms with Crippen molar-refractivity contribution in [3.8, 4) is 0 Å². The molecular weight excluding hydrogens is 278 g/mol. The molecule has 0 aromatic rings. The van der Waals surface area contributed by atoms with Crippen LogP contribution >= 0.6 is 11.6 Å². The summed E-state index contributed by atoms with van der Waals surface area (Å²) in [6.07, 6.45) is 5.54. The molecule has 0 bridgehead atoms. The Balaban J connectivity index is 4.08. The minimum atomic E-state index is -0.459. The van der Waals surface area contributed by atoms with E-state index in [1.807, 2.05) is 21.1 Å². The molecule has 0 spiro atoms. The lowest BCUT2D eigenvalue weighted by Crippen LogP contribution is -2.43. The van der Waals surface area contributed by atoms with Crippen molar-refractivity contribution in [2.45, 2.75) is 58.0 Å². The first-order valence-corrected chi connectivity index (χ1v) is 7.80. The van der Waals surface area contributed by atoms with Gasteiger partial charge in [-0.3, -0.25) is 9.59 Å². The second kappa shape index (κ2) is 10.2. The minimum Gasteiger partial charge on any atom is -0.456 e. The summed E-state index contributed by atoms with van der Waals surface area (Å²) >= 11 is 5.41. The van der Waals surface area contributed by atoms with Gasteiger partial charge in [-0.25, -0.2) is 0 Å². The van der Waals surface area contributed by atoms with Crippen molar-refractivity contribution in [3.63, 3.8) is 0 Å².